The number of methoxy groups -OCH3 is 1. The molecule has 0 N–H and O–H groups in total. The molecule has 1 radical (unpaired) electrons. The van der Waals surface area contributed by atoms with Crippen molar-refractivity contribution in [3.63, 3.8) is 0 Å². The van der Waals surface area contributed by atoms with Crippen molar-refractivity contribution in [1.29, 1.82) is 0 Å². The van der Waals surface area contributed by atoms with Gasteiger partial charge in [0.15, 0.2) is 0 Å². The normalized spacial score (nSPS) is 12.5. The molecule has 4 nitrogen and oxygen atoms in total. The second kappa shape index (κ2) is 4.53. The Morgan fingerprint density at radius 2 is 1.88 bits per heavy atom. The van der Waals surface area contributed by atoms with Crippen molar-refractivity contribution in [2.75, 3.05) is 7.11 Å². The number of hydrogen-bond donors (Lipinski definition) is 0. The Morgan fingerprint density at radius 3 is 2.29 bits per heavy atom. The maximum Gasteiger partial charge on any atom is 0.417 e. The van der Waals surface area contributed by atoms with Gasteiger partial charge >= 0.3 is 16.3 Å². The first-order valence-electron chi connectivity index (χ1n) is 4.17. The zero-order chi connectivity index (χ0) is 13.3. The van der Waals surface area contributed by atoms with Gasteiger partial charge in [0, 0.05) is 0 Å². The van der Waals surface area contributed by atoms with Gasteiger partial charge < -0.3 is 4.74 Å². The predicted octanol–water partition coefficient (Wildman–Crippen LogP) is 2.21. The lowest BCUT2D eigenvalue weighted by Gasteiger charge is -2.14. The molecule has 0 aliphatic carbocycles. The van der Waals surface area contributed by atoms with Crippen LogP contribution < -0.4 is 4.74 Å². The Bertz CT molecular complexity index is 507. The first kappa shape index (κ1) is 13.8. The Balaban J connectivity index is 3.65. The highest BCUT2D eigenvalue weighted by Crippen LogP contribution is 2.39. The van der Waals surface area contributed by atoms with Crippen LogP contribution in [0.25, 0.3) is 0 Å². The van der Waals surface area contributed by atoms with E-state index in [1.54, 1.807) is 0 Å². The molecule has 0 aliphatic heterocycles. The summed E-state index contributed by atoms with van der Waals surface area (Å²) in [6.45, 7) is 0. The van der Waals surface area contributed by atoms with E-state index >= 15 is 0 Å². The van der Waals surface area contributed by atoms with E-state index in [2.05, 4.69) is 16.0 Å². The number of rotatable bonds is 3. The van der Waals surface area contributed by atoms with Crippen LogP contribution in [0.1, 0.15) is 5.56 Å². The molecule has 0 unspecified atom stereocenters. The predicted molar refractivity (Wildman–Crippen MR) is 51.6 cm³/mol. The van der Waals surface area contributed by atoms with Crippen LogP contribution >= 0.6 is 0 Å². The van der Waals surface area contributed by atoms with Gasteiger partial charge in [0.05, 0.1) is 19.8 Å². The largest absolute Gasteiger partial charge is 0.495 e. The molecule has 1 aromatic carbocycles. The molecule has 95 valence electrons. The molecule has 0 spiro atoms. The quantitative estimate of drug-likeness (QED) is 0.789. The van der Waals surface area contributed by atoms with Gasteiger partial charge in [0.1, 0.15) is 10.6 Å². The van der Waals surface area contributed by atoms with Crippen molar-refractivity contribution < 1.29 is 30.5 Å². The van der Waals surface area contributed by atoms with Crippen LogP contribution in [-0.4, -0.2) is 15.5 Å². The van der Waals surface area contributed by atoms with Crippen molar-refractivity contribution in [1.82, 2.24) is 0 Å². The molecule has 1 rings (SSSR count). The SMILES string of the molecule is [CH2]OS(=O)(=O)c1c(OC)cccc1C(F)(F)F. The summed E-state index contributed by atoms with van der Waals surface area (Å²) >= 11 is 0. The third-order valence-corrected chi connectivity index (χ3v) is 3.14. The molecule has 0 fully saturated rings. The molecular formula is C9H8F3O4S. The molecule has 0 amide bonds. The number of halogens is 3. The Labute approximate surface area is 96.1 Å². The summed E-state index contributed by atoms with van der Waals surface area (Å²) in [5.74, 6) is -0.455. The Kier molecular flexibility index (Phi) is 3.68. The molecule has 1 aromatic rings. The summed E-state index contributed by atoms with van der Waals surface area (Å²) in [5, 5.41) is 0. The van der Waals surface area contributed by atoms with Crippen LogP contribution in [0.4, 0.5) is 13.2 Å². The zero-order valence-electron chi connectivity index (χ0n) is 8.61. The maximum absolute atomic E-state index is 12.6. The first-order valence-corrected chi connectivity index (χ1v) is 5.57. The lowest BCUT2D eigenvalue weighted by molar-refractivity contribution is -0.140. The Hall–Kier alpha value is -1.28. The standard InChI is InChI=1S/C9H8F3O4S/c1-15-7-5-3-4-6(9(10,11)12)8(7)17(13,14)16-2/h3-5H,2H2,1H3. The van der Waals surface area contributed by atoms with Crippen LogP contribution in [0.15, 0.2) is 23.1 Å². The van der Waals surface area contributed by atoms with Gasteiger partial charge in [-0.25, -0.2) is 0 Å². The zero-order valence-corrected chi connectivity index (χ0v) is 9.43. The topological polar surface area (TPSA) is 52.6 Å². The van der Waals surface area contributed by atoms with Gasteiger partial charge in [0.25, 0.3) is 0 Å². The van der Waals surface area contributed by atoms with E-state index in [9.17, 15) is 21.6 Å². The second-order valence-corrected chi connectivity index (χ2v) is 4.46. The average Bonchev–Trinajstić information content (AvgIpc) is 2.26. The average molecular weight is 269 g/mol. The maximum atomic E-state index is 12.6. The molecule has 0 atom stereocenters. The molecule has 0 heterocycles. The minimum Gasteiger partial charge on any atom is -0.495 e. The molecule has 0 aliphatic rings. The van der Waals surface area contributed by atoms with Crippen LogP contribution in [0.2, 0.25) is 0 Å². The highest BCUT2D eigenvalue weighted by atomic mass is 32.2. The fraction of sp³-hybridized carbons (Fsp3) is 0.222. The molecule has 0 bridgehead atoms. The Morgan fingerprint density at radius 1 is 1.29 bits per heavy atom. The second-order valence-electron chi connectivity index (χ2n) is 2.91. The number of benzene rings is 1. The molecule has 0 saturated heterocycles. The fourth-order valence-electron chi connectivity index (χ4n) is 1.22. The van der Waals surface area contributed by atoms with Crippen molar-refractivity contribution in [2.45, 2.75) is 11.1 Å². The lowest BCUT2D eigenvalue weighted by atomic mass is 10.2. The summed E-state index contributed by atoms with van der Waals surface area (Å²) in [6, 6.07) is 2.74. The highest BCUT2D eigenvalue weighted by Gasteiger charge is 2.39. The number of ether oxygens (including phenoxy) is 1. The van der Waals surface area contributed by atoms with E-state index in [1.807, 2.05) is 0 Å². The van der Waals surface area contributed by atoms with E-state index in [0.717, 1.165) is 19.2 Å². The van der Waals surface area contributed by atoms with Crippen LogP contribution in [-0.2, 0) is 20.5 Å². The number of alkyl halides is 3. The smallest absolute Gasteiger partial charge is 0.417 e. The van der Waals surface area contributed by atoms with Gasteiger partial charge in [-0.1, -0.05) is 6.07 Å². The summed E-state index contributed by atoms with van der Waals surface area (Å²) < 4.78 is 69.1. The van der Waals surface area contributed by atoms with Crippen molar-refractivity contribution in [3.05, 3.63) is 30.9 Å². The summed E-state index contributed by atoms with van der Waals surface area (Å²) in [7, 11) is -0.936. The van der Waals surface area contributed by atoms with Crippen molar-refractivity contribution >= 4 is 10.1 Å². The van der Waals surface area contributed by atoms with Gasteiger partial charge in [0.2, 0.25) is 0 Å². The number of hydrogen-bond acceptors (Lipinski definition) is 4. The van der Waals surface area contributed by atoms with E-state index in [1.165, 1.54) is 0 Å². The van der Waals surface area contributed by atoms with Gasteiger partial charge in [-0.3, -0.25) is 4.18 Å². The van der Waals surface area contributed by atoms with Crippen LogP contribution in [0.5, 0.6) is 5.75 Å². The minimum atomic E-state index is -4.84. The first-order chi connectivity index (χ1) is 7.74. The molecule has 0 saturated carbocycles. The van der Waals surface area contributed by atoms with E-state index in [-0.39, 0.29) is 0 Å². The van der Waals surface area contributed by atoms with Gasteiger partial charge in [-0.05, 0) is 12.1 Å². The van der Waals surface area contributed by atoms with Gasteiger partial charge in [-0.2, -0.15) is 21.6 Å². The summed E-state index contributed by atoms with van der Waals surface area (Å²) in [4.78, 5) is -1.08. The summed E-state index contributed by atoms with van der Waals surface area (Å²) in [5.41, 5.74) is -1.36. The van der Waals surface area contributed by atoms with Crippen LogP contribution in [0, 0.1) is 7.11 Å². The third kappa shape index (κ3) is 2.70. The minimum absolute atomic E-state index is 0.455. The molecular weight excluding hydrogens is 261 g/mol. The highest BCUT2D eigenvalue weighted by molar-refractivity contribution is 7.87. The van der Waals surface area contributed by atoms with Crippen molar-refractivity contribution in [3.8, 4) is 5.75 Å². The van der Waals surface area contributed by atoms with Gasteiger partial charge in [-0.15, -0.1) is 0 Å². The van der Waals surface area contributed by atoms with Crippen molar-refractivity contribution in [2.24, 2.45) is 0 Å². The van der Waals surface area contributed by atoms with E-state index in [0.29, 0.717) is 6.07 Å². The molecule has 17 heavy (non-hydrogen) atoms. The monoisotopic (exact) mass is 269 g/mol. The summed E-state index contributed by atoms with van der Waals surface area (Å²) in [6.07, 6.45) is -4.84. The molecule has 0 aromatic heterocycles. The third-order valence-electron chi connectivity index (χ3n) is 1.91. The van der Waals surface area contributed by atoms with Crippen LogP contribution in [0.3, 0.4) is 0 Å². The lowest BCUT2D eigenvalue weighted by Crippen LogP contribution is -2.15. The fourth-order valence-corrected chi connectivity index (χ4v) is 2.19. The van der Waals surface area contributed by atoms with E-state index < -0.39 is 32.5 Å². The van der Waals surface area contributed by atoms with E-state index in [4.69, 9.17) is 0 Å². The molecule has 8 heteroatoms.